The molecule has 3 N–H and O–H groups in total. The van der Waals surface area contributed by atoms with Crippen molar-refractivity contribution in [1.29, 1.82) is 0 Å². The minimum absolute atomic E-state index is 0.0542. The van der Waals surface area contributed by atoms with Gasteiger partial charge in [-0.2, -0.15) is 0 Å². The molecule has 0 bridgehead atoms. The van der Waals surface area contributed by atoms with Crippen LogP contribution in [-0.2, 0) is 0 Å². The van der Waals surface area contributed by atoms with Crippen molar-refractivity contribution in [1.82, 2.24) is 5.32 Å². The fourth-order valence-electron chi connectivity index (χ4n) is 2.03. The maximum atomic E-state index is 13.1. The van der Waals surface area contributed by atoms with Crippen LogP contribution in [0.25, 0.3) is 0 Å². The maximum absolute atomic E-state index is 13.1. The van der Waals surface area contributed by atoms with Crippen LogP contribution < -0.4 is 10.6 Å². The SMILES string of the molecule is CCC1CC1NC(=O)Nc1cc(F)c(F)cc1C(=O)O. The molecular weight excluding hydrogens is 270 g/mol. The van der Waals surface area contributed by atoms with Gasteiger partial charge in [0.05, 0.1) is 11.3 Å². The molecule has 2 atom stereocenters. The van der Waals surface area contributed by atoms with Gasteiger partial charge in [-0.05, 0) is 18.4 Å². The van der Waals surface area contributed by atoms with Crippen LogP contribution in [0.4, 0.5) is 19.3 Å². The number of rotatable bonds is 4. The molecule has 0 heterocycles. The zero-order valence-corrected chi connectivity index (χ0v) is 10.7. The Hall–Kier alpha value is -2.18. The number of halogens is 2. The van der Waals surface area contributed by atoms with Crippen LogP contribution in [0.2, 0.25) is 0 Å². The predicted octanol–water partition coefficient (Wildman–Crippen LogP) is 2.58. The average Bonchev–Trinajstić information content (AvgIpc) is 3.11. The molecule has 2 unspecified atom stereocenters. The first-order valence-electron chi connectivity index (χ1n) is 6.22. The lowest BCUT2D eigenvalue weighted by atomic mass is 10.1. The van der Waals surface area contributed by atoms with Crippen molar-refractivity contribution in [2.75, 3.05) is 5.32 Å². The summed E-state index contributed by atoms with van der Waals surface area (Å²) in [5.74, 6) is -3.52. The molecule has 5 nitrogen and oxygen atoms in total. The third kappa shape index (κ3) is 3.04. The minimum atomic E-state index is -1.45. The lowest BCUT2D eigenvalue weighted by Crippen LogP contribution is -2.32. The van der Waals surface area contributed by atoms with E-state index in [4.69, 9.17) is 5.11 Å². The van der Waals surface area contributed by atoms with E-state index in [-0.39, 0.29) is 11.7 Å². The lowest BCUT2D eigenvalue weighted by molar-refractivity contribution is 0.0697. The van der Waals surface area contributed by atoms with E-state index in [1.165, 1.54) is 0 Å². The van der Waals surface area contributed by atoms with E-state index < -0.39 is 29.2 Å². The number of urea groups is 1. The normalized spacial score (nSPS) is 20.4. The van der Waals surface area contributed by atoms with Crippen molar-refractivity contribution in [3.05, 3.63) is 29.3 Å². The molecule has 1 saturated carbocycles. The highest BCUT2D eigenvalue weighted by atomic mass is 19.2. The summed E-state index contributed by atoms with van der Waals surface area (Å²) in [5.41, 5.74) is -0.774. The molecule has 0 aliphatic heterocycles. The van der Waals surface area contributed by atoms with E-state index in [9.17, 15) is 18.4 Å². The number of hydrogen-bond donors (Lipinski definition) is 3. The smallest absolute Gasteiger partial charge is 0.337 e. The number of carbonyl (C=O) groups excluding carboxylic acids is 1. The number of benzene rings is 1. The van der Waals surface area contributed by atoms with Gasteiger partial charge in [0.2, 0.25) is 0 Å². The summed E-state index contributed by atoms with van der Waals surface area (Å²) in [4.78, 5) is 22.6. The second kappa shape index (κ2) is 5.44. The Morgan fingerprint density at radius 1 is 1.35 bits per heavy atom. The van der Waals surface area contributed by atoms with Crippen LogP contribution in [0.3, 0.4) is 0 Å². The molecule has 0 radical (unpaired) electrons. The highest BCUT2D eigenvalue weighted by molar-refractivity contribution is 6.00. The van der Waals surface area contributed by atoms with E-state index in [0.717, 1.165) is 12.8 Å². The monoisotopic (exact) mass is 284 g/mol. The second-order valence-corrected chi connectivity index (χ2v) is 4.73. The first-order valence-corrected chi connectivity index (χ1v) is 6.22. The molecule has 0 saturated heterocycles. The minimum Gasteiger partial charge on any atom is -0.478 e. The number of amides is 2. The average molecular weight is 284 g/mol. The molecule has 2 amide bonds. The Bertz CT molecular complexity index is 563. The topological polar surface area (TPSA) is 78.4 Å². The summed E-state index contributed by atoms with van der Waals surface area (Å²) < 4.78 is 26.1. The molecule has 7 heteroatoms. The molecule has 1 aromatic rings. The van der Waals surface area contributed by atoms with Crippen molar-refractivity contribution < 1.29 is 23.5 Å². The van der Waals surface area contributed by atoms with Crippen LogP contribution in [0.1, 0.15) is 30.1 Å². The van der Waals surface area contributed by atoms with Gasteiger partial charge in [0.1, 0.15) is 0 Å². The first kappa shape index (κ1) is 14.2. The van der Waals surface area contributed by atoms with Gasteiger partial charge in [-0.1, -0.05) is 13.3 Å². The quantitative estimate of drug-likeness (QED) is 0.795. The lowest BCUT2D eigenvalue weighted by Gasteiger charge is -2.10. The van der Waals surface area contributed by atoms with Crippen molar-refractivity contribution in [2.45, 2.75) is 25.8 Å². The third-order valence-electron chi connectivity index (χ3n) is 3.30. The van der Waals surface area contributed by atoms with Crippen LogP contribution in [0.5, 0.6) is 0 Å². The zero-order valence-electron chi connectivity index (χ0n) is 10.7. The van der Waals surface area contributed by atoms with Crippen LogP contribution in [0, 0.1) is 17.6 Å². The number of anilines is 1. The summed E-state index contributed by atoms with van der Waals surface area (Å²) >= 11 is 0. The van der Waals surface area contributed by atoms with Gasteiger partial charge in [0, 0.05) is 12.1 Å². The Labute approximate surface area is 114 Å². The Morgan fingerprint density at radius 2 is 2.00 bits per heavy atom. The van der Waals surface area contributed by atoms with Gasteiger partial charge in [0.25, 0.3) is 0 Å². The van der Waals surface area contributed by atoms with Crippen LogP contribution in [-0.4, -0.2) is 23.1 Å². The van der Waals surface area contributed by atoms with Gasteiger partial charge in [-0.15, -0.1) is 0 Å². The molecule has 1 aromatic carbocycles. The number of carboxylic acid groups (broad SMARTS) is 1. The molecule has 2 rings (SSSR count). The Morgan fingerprint density at radius 3 is 2.55 bits per heavy atom. The van der Waals surface area contributed by atoms with E-state index in [2.05, 4.69) is 10.6 Å². The third-order valence-corrected chi connectivity index (χ3v) is 3.30. The number of carboxylic acids is 1. The first-order chi connectivity index (χ1) is 9.42. The van der Waals surface area contributed by atoms with Crippen LogP contribution in [0.15, 0.2) is 12.1 Å². The van der Waals surface area contributed by atoms with Crippen molar-refractivity contribution in [3.63, 3.8) is 0 Å². The van der Waals surface area contributed by atoms with Crippen LogP contribution >= 0.6 is 0 Å². The largest absolute Gasteiger partial charge is 0.478 e. The second-order valence-electron chi connectivity index (χ2n) is 4.73. The van der Waals surface area contributed by atoms with E-state index in [0.29, 0.717) is 18.1 Å². The maximum Gasteiger partial charge on any atom is 0.337 e. The summed E-state index contributed by atoms with van der Waals surface area (Å²) in [5, 5.41) is 13.8. The van der Waals surface area contributed by atoms with E-state index in [1.54, 1.807) is 0 Å². The highest BCUT2D eigenvalue weighted by Crippen LogP contribution is 2.33. The summed E-state index contributed by atoms with van der Waals surface area (Å²) in [6, 6.07) is 0.625. The van der Waals surface area contributed by atoms with Gasteiger partial charge < -0.3 is 15.7 Å². The van der Waals surface area contributed by atoms with Crippen molar-refractivity contribution in [3.8, 4) is 0 Å². The molecular formula is C13H14F2N2O3. The van der Waals surface area contributed by atoms with Crippen molar-refractivity contribution >= 4 is 17.7 Å². The fraction of sp³-hybridized carbons (Fsp3) is 0.385. The summed E-state index contributed by atoms with van der Waals surface area (Å²) in [7, 11) is 0. The molecule has 1 aliphatic carbocycles. The summed E-state index contributed by atoms with van der Waals surface area (Å²) in [6.45, 7) is 2.00. The van der Waals surface area contributed by atoms with E-state index in [1.807, 2.05) is 6.92 Å². The van der Waals surface area contributed by atoms with Gasteiger partial charge in [-0.25, -0.2) is 18.4 Å². The molecule has 0 aromatic heterocycles. The standard InChI is InChI=1S/C13H14F2N2O3/c1-2-6-3-10(6)16-13(20)17-11-5-9(15)8(14)4-7(11)12(18)19/h4-6,10H,2-3H2,1H3,(H,18,19)(H2,16,17,20). The predicted molar refractivity (Wildman–Crippen MR) is 67.7 cm³/mol. The van der Waals surface area contributed by atoms with Gasteiger partial charge in [-0.3, -0.25) is 0 Å². The molecule has 108 valence electrons. The van der Waals surface area contributed by atoms with E-state index >= 15 is 0 Å². The zero-order chi connectivity index (χ0) is 14.9. The molecule has 0 spiro atoms. The Balaban J connectivity index is 2.10. The number of carbonyl (C=O) groups is 2. The van der Waals surface area contributed by atoms with Gasteiger partial charge >= 0.3 is 12.0 Å². The molecule has 1 aliphatic rings. The molecule has 20 heavy (non-hydrogen) atoms. The molecule has 1 fully saturated rings. The number of aromatic carboxylic acids is 1. The number of nitrogens with one attached hydrogen (secondary N) is 2. The van der Waals surface area contributed by atoms with Gasteiger partial charge in [0.15, 0.2) is 11.6 Å². The summed E-state index contributed by atoms with van der Waals surface area (Å²) in [6.07, 6.45) is 1.81. The Kier molecular flexibility index (Phi) is 3.87. The number of hydrogen-bond acceptors (Lipinski definition) is 2. The highest BCUT2D eigenvalue weighted by Gasteiger charge is 2.36. The fourth-order valence-corrected chi connectivity index (χ4v) is 2.03. The van der Waals surface area contributed by atoms with Crippen molar-refractivity contribution in [2.24, 2.45) is 5.92 Å².